The second-order valence-electron chi connectivity index (χ2n) is 4.57. The molecular formula is C15H15ClN2OS2. The minimum absolute atomic E-state index is 0.124. The monoisotopic (exact) mass is 338 g/mol. The van der Waals surface area contributed by atoms with Crippen molar-refractivity contribution in [2.24, 2.45) is 5.73 Å². The molecule has 0 atom stereocenters. The van der Waals surface area contributed by atoms with Crippen molar-refractivity contribution in [1.82, 2.24) is 0 Å². The van der Waals surface area contributed by atoms with E-state index < -0.39 is 0 Å². The zero-order valence-electron chi connectivity index (χ0n) is 11.5. The smallest absolute Gasteiger partial charge is 0.269 e. The molecule has 1 heterocycles. The van der Waals surface area contributed by atoms with E-state index in [4.69, 9.17) is 29.6 Å². The van der Waals surface area contributed by atoms with Crippen molar-refractivity contribution in [2.75, 3.05) is 11.4 Å². The fourth-order valence-corrected chi connectivity index (χ4v) is 3.19. The number of halogens is 1. The van der Waals surface area contributed by atoms with Gasteiger partial charge in [-0.3, -0.25) is 4.79 Å². The molecule has 0 saturated heterocycles. The Morgan fingerprint density at radius 3 is 2.57 bits per heavy atom. The van der Waals surface area contributed by atoms with Crippen LogP contribution in [0.4, 0.5) is 5.69 Å². The Balaban J connectivity index is 2.33. The highest BCUT2D eigenvalue weighted by Gasteiger charge is 2.22. The molecule has 2 aromatic rings. The van der Waals surface area contributed by atoms with Gasteiger partial charge in [0, 0.05) is 18.7 Å². The molecule has 2 rings (SSSR count). The van der Waals surface area contributed by atoms with Crippen LogP contribution in [0.3, 0.4) is 0 Å². The summed E-state index contributed by atoms with van der Waals surface area (Å²) in [6.45, 7) is 2.32. The van der Waals surface area contributed by atoms with E-state index in [1.54, 1.807) is 4.90 Å². The van der Waals surface area contributed by atoms with Gasteiger partial charge in [0.25, 0.3) is 5.91 Å². The number of amides is 1. The van der Waals surface area contributed by atoms with Crippen LogP contribution in [0.1, 0.15) is 21.7 Å². The number of hydrogen-bond donors (Lipinski definition) is 1. The fourth-order valence-electron chi connectivity index (χ4n) is 1.87. The van der Waals surface area contributed by atoms with E-state index in [0.29, 0.717) is 27.9 Å². The molecule has 6 heteroatoms. The maximum Gasteiger partial charge on any atom is 0.269 e. The lowest BCUT2D eigenvalue weighted by Crippen LogP contribution is -2.33. The van der Waals surface area contributed by atoms with Crippen LogP contribution in [0.2, 0.25) is 5.02 Å². The van der Waals surface area contributed by atoms with Gasteiger partial charge in [-0.1, -0.05) is 42.0 Å². The predicted octanol–water partition coefficient (Wildman–Crippen LogP) is 4.03. The number of nitrogens with zero attached hydrogens (tertiary/aromatic N) is 1. The standard InChI is InChI=1S/C15H15ClN2OS2/c1-10-9-21-14(13(10)16)15(19)18(8-7-12(17)20)11-5-3-2-4-6-11/h2-6,9H,7-8H2,1H3,(H2,17,20). The van der Waals surface area contributed by atoms with Crippen molar-refractivity contribution in [2.45, 2.75) is 13.3 Å². The molecular weight excluding hydrogens is 324 g/mol. The van der Waals surface area contributed by atoms with E-state index in [1.165, 1.54) is 11.3 Å². The maximum absolute atomic E-state index is 12.8. The molecule has 0 aliphatic heterocycles. The number of carbonyl (C=O) groups is 1. The summed E-state index contributed by atoms with van der Waals surface area (Å²) in [5, 5.41) is 2.40. The van der Waals surface area contributed by atoms with E-state index in [1.807, 2.05) is 42.6 Å². The number of rotatable bonds is 5. The summed E-state index contributed by atoms with van der Waals surface area (Å²) in [5.74, 6) is -0.124. The van der Waals surface area contributed by atoms with E-state index in [-0.39, 0.29) is 5.91 Å². The highest BCUT2D eigenvalue weighted by molar-refractivity contribution is 7.80. The second kappa shape index (κ2) is 7.02. The number of aryl methyl sites for hydroxylation is 1. The molecule has 110 valence electrons. The van der Waals surface area contributed by atoms with Crippen molar-refractivity contribution in [3.8, 4) is 0 Å². The first kappa shape index (κ1) is 15.9. The molecule has 1 amide bonds. The molecule has 1 aromatic carbocycles. The Morgan fingerprint density at radius 2 is 2.05 bits per heavy atom. The molecule has 1 aromatic heterocycles. The maximum atomic E-state index is 12.8. The first-order valence-electron chi connectivity index (χ1n) is 6.39. The Hall–Kier alpha value is -1.43. The molecule has 0 saturated carbocycles. The van der Waals surface area contributed by atoms with Crippen LogP contribution < -0.4 is 10.6 Å². The predicted molar refractivity (Wildman–Crippen MR) is 93.6 cm³/mol. The molecule has 0 radical (unpaired) electrons. The largest absolute Gasteiger partial charge is 0.393 e. The average molecular weight is 339 g/mol. The van der Waals surface area contributed by atoms with Crippen LogP contribution in [-0.4, -0.2) is 17.4 Å². The molecule has 0 aliphatic rings. The van der Waals surface area contributed by atoms with E-state index in [9.17, 15) is 4.79 Å². The van der Waals surface area contributed by atoms with Gasteiger partial charge in [0.05, 0.1) is 10.0 Å². The molecule has 0 spiro atoms. The van der Waals surface area contributed by atoms with Gasteiger partial charge < -0.3 is 10.6 Å². The number of thiocarbonyl (C=S) groups is 1. The van der Waals surface area contributed by atoms with Gasteiger partial charge in [0.1, 0.15) is 4.88 Å². The summed E-state index contributed by atoms with van der Waals surface area (Å²) >= 11 is 12.5. The number of nitrogens with two attached hydrogens (primary N) is 1. The van der Waals surface area contributed by atoms with Crippen molar-refractivity contribution in [1.29, 1.82) is 0 Å². The van der Waals surface area contributed by atoms with Gasteiger partial charge in [0.2, 0.25) is 0 Å². The summed E-state index contributed by atoms with van der Waals surface area (Å²) in [6.07, 6.45) is 0.470. The number of thiophene rings is 1. The highest BCUT2D eigenvalue weighted by atomic mass is 35.5. The van der Waals surface area contributed by atoms with Crippen LogP contribution in [0, 0.1) is 6.92 Å². The summed E-state index contributed by atoms with van der Waals surface area (Å²) in [6, 6.07) is 9.44. The molecule has 0 aliphatic carbocycles. The molecule has 3 nitrogen and oxygen atoms in total. The number of carbonyl (C=O) groups excluding carboxylic acids is 1. The molecule has 2 N–H and O–H groups in total. The third-order valence-electron chi connectivity index (χ3n) is 2.99. The van der Waals surface area contributed by atoms with Crippen LogP contribution in [-0.2, 0) is 0 Å². The highest BCUT2D eigenvalue weighted by Crippen LogP contribution is 2.30. The van der Waals surface area contributed by atoms with Crippen molar-refractivity contribution in [3.05, 3.63) is 51.2 Å². The third-order valence-corrected chi connectivity index (χ3v) is 4.88. The van der Waals surface area contributed by atoms with Crippen LogP contribution in [0.15, 0.2) is 35.7 Å². The minimum atomic E-state index is -0.124. The molecule has 0 fully saturated rings. The minimum Gasteiger partial charge on any atom is -0.393 e. The summed E-state index contributed by atoms with van der Waals surface area (Å²) < 4.78 is 0. The number of anilines is 1. The number of hydrogen-bond acceptors (Lipinski definition) is 3. The summed E-state index contributed by atoms with van der Waals surface area (Å²) in [7, 11) is 0. The van der Waals surface area contributed by atoms with Gasteiger partial charge in [-0.05, 0) is 30.0 Å². The molecule has 0 unspecified atom stereocenters. The third kappa shape index (κ3) is 3.81. The van der Waals surface area contributed by atoms with Crippen LogP contribution in [0.25, 0.3) is 0 Å². The van der Waals surface area contributed by atoms with Gasteiger partial charge in [-0.25, -0.2) is 0 Å². The quantitative estimate of drug-likeness (QED) is 0.837. The summed E-state index contributed by atoms with van der Waals surface area (Å²) in [5.41, 5.74) is 7.28. The first-order chi connectivity index (χ1) is 10.0. The molecule has 21 heavy (non-hydrogen) atoms. The van der Waals surface area contributed by atoms with Crippen LogP contribution >= 0.6 is 35.2 Å². The number of benzene rings is 1. The Morgan fingerprint density at radius 1 is 1.38 bits per heavy atom. The van der Waals surface area contributed by atoms with Crippen LogP contribution in [0.5, 0.6) is 0 Å². The van der Waals surface area contributed by atoms with E-state index in [0.717, 1.165) is 11.3 Å². The lowest BCUT2D eigenvalue weighted by Gasteiger charge is -2.22. The zero-order chi connectivity index (χ0) is 15.4. The number of para-hydroxylation sites is 1. The van der Waals surface area contributed by atoms with E-state index in [2.05, 4.69) is 0 Å². The SMILES string of the molecule is Cc1csc(C(=O)N(CCC(N)=S)c2ccccc2)c1Cl. The van der Waals surface area contributed by atoms with E-state index >= 15 is 0 Å². The average Bonchev–Trinajstić information content (AvgIpc) is 2.80. The normalized spacial score (nSPS) is 10.4. The van der Waals surface area contributed by atoms with Crippen molar-refractivity contribution in [3.63, 3.8) is 0 Å². The topological polar surface area (TPSA) is 46.3 Å². The summed E-state index contributed by atoms with van der Waals surface area (Å²) in [4.78, 5) is 15.4. The lowest BCUT2D eigenvalue weighted by molar-refractivity contribution is 0.0991. The Bertz CT molecular complexity index is 655. The van der Waals surface area contributed by atoms with Crippen molar-refractivity contribution < 1.29 is 4.79 Å². The Labute approximate surface area is 138 Å². The van der Waals surface area contributed by atoms with Crippen molar-refractivity contribution >= 4 is 51.7 Å². The zero-order valence-corrected chi connectivity index (χ0v) is 13.9. The Kier molecular flexibility index (Phi) is 5.33. The molecule has 0 bridgehead atoms. The van der Waals surface area contributed by atoms with Gasteiger partial charge in [-0.2, -0.15) is 0 Å². The van der Waals surface area contributed by atoms with Gasteiger partial charge in [-0.15, -0.1) is 11.3 Å². The lowest BCUT2D eigenvalue weighted by atomic mass is 10.2. The van der Waals surface area contributed by atoms with Gasteiger partial charge >= 0.3 is 0 Å². The fraction of sp³-hybridized carbons (Fsp3) is 0.200. The second-order valence-corrected chi connectivity index (χ2v) is 6.35. The van der Waals surface area contributed by atoms with Gasteiger partial charge in [0.15, 0.2) is 0 Å². The first-order valence-corrected chi connectivity index (χ1v) is 8.06.